The van der Waals surface area contributed by atoms with Crippen LogP contribution < -0.4 is 5.32 Å². The number of carbonyl (C=O) groups excluding carboxylic acids is 1. The molecule has 1 N–H and O–H groups in total. The molecule has 1 aromatic carbocycles. The third-order valence-corrected chi connectivity index (χ3v) is 5.31. The van der Waals surface area contributed by atoms with E-state index in [2.05, 4.69) is 21.3 Å². The zero-order valence-electron chi connectivity index (χ0n) is 16.4. The summed E-state index contributed by atoms with van der Waals surface area (Å²) in [5.41, 5.74) is 1.99. The first-order valence-electron chi connectivity index (χ1n) is 9.77. The fourth-order valence-corrected chi connectivity index (χ4v) is 3.77. The Balaban J connectivity index is 1.50. The number of pyridine rings is 1. The van der Waals surface area contributed by atoms with E-state index in [1.165, 1.54) is 11.6 Å². The molecule has 1 fully saturated rings. The summed E-state index contributed by atoms with van der Waals surface area (Å²) in [6.45, 7) is 5.04. The molecule has 0 bridgehead atoms. The van der Waals surface area contributed by atoms with E-state index in [9.17, 15) is 4.79 Å². The number of piperidine rings is 1. The van der Waals surface area contributed by atoms with Gasteiger partial charge in [-0.3, -0.25) is 4.90 Å². The summed E-state index contributed by atoms with van der Waals surface area (Å²) in [4.78, 5) is 18.3. The number of benzene rings is 1. The van der Waals surface area contributed by atoms with Crippen molar-refractivity contribution in [2.24, 2.45) is 0 Å². The number of nitrogens with zero attached hydrogens (tertiary/aromatic N) is 2. The second kappa shape index (κ2) is 10.6. The van der Waals surface area contributed by atoms with Crippen LogP contribution in [0.1, 0.15) is 30.9 Å². The number of halogens is 2. The molecule has 0 spiro atoms. The van der Waals surface area contributed by atoms with Crippen molar-refractivity contribution in [2.75, 3.05) is 25.0 Å². The van der Waals surface area contributed by atoms with Crippen LogP contribution in [0, 0.1) is 0 Å². The number of hydrogen-bond donors (Lipinski definition) is 1. The van der Waals surface area contributed by atoms with Gasteiger partial charge in [0.15, 0.2) is 0 Å². The summed E-state index contributed by atoms with van der Waals surface area (Å²) in [5, 5.41) is 4.77. The van der Waals surface area contributed by atoms with Crippen LogP contribution in [0.15, 0.2) is 42.6 Å². The van der Waals surface area contributed by atoms with Gasteiger partial charge in [-0.2, -0.15) is 0 Å². The van der Waals surface area contributed by atoms with Gasteiger partial charge >= 0.3 is 5.97 Å². The van der Waals surface area contributed by atoms with E-state index in [4.69, 9.17) is 27.9 Å². The van der Waals surface area contributed by atoms with Crippen molar-refractivity contribution in [3.8, 4) is 0 Å². The van der Waals surface area contributed by atoms with Gasteiger partial charge < -0.3 is 10.1 Å². The summed E-state index contributed by atoms with van der Waals surface area (Å²) >= 11 is 12.5. The van der Waals surface area contributed by atoms with Gasteiger partial charge in [-0.1, -0.05) is 35.3 Å². The lowest BCUT2D eigenvalue weighted by Gasteiger charge is -2.32. The van der Waals surface area contributed by atoms with Crippen molar-refractivity contribution in [1.82, 2.24) is 9.88 Å². The van der Waals surface area contributed by atoms with Crippen molar-refractivity contribution < 1.29 is 9.53 Å². The normalized spacial score (nSPS) is 15.6. The zero-order chi connectivity index (χ0) is 20.6. The fourth-order valence-electron chi connectivity index (χ4n) is 3.33. The minimum absolute atomic E-state index is 0.330. The molecule has 1 aliphatic heterocycles. The molecule has 0 atom stereocenters. The molecule has 5 nitrogen and oxygen atoms in total. The molecular weight excluding hydrogens is 409 g/mol. The van der Waals surface area contributed by atoms with E-state index in [1.807, 2.05) is 18.2 Å². The molecule has 0 saturated carbocycles. The SMILES string of the molecule is CCOC(=O)C=Cc1cnc(NC2CCN(Cc3cccc(Cl)c3)CC2)c(Cl)c1. The summed E-state index contributed by atoms with van der Waals surface area (Å²) in [7, 11) is 0. The summed E-state index contributed by atoms with van der Waals surface area (Å²) in [6.07, 6.45) is 6.75. The van der Waals surface area contributed by atoms with Gasteiger partial charge in [-0.05, 0) is 55.2 Å². The van der Waals surface area contributed by atoms with Gasteiger partial charge in [0.25, 0.3) is 0 Å². The predicted octanol–water partition coefficient (Wildman–Crippen LogP) is 5.04. The van der Waals surface area contributed by atoms with E-state index in [1.54, 1.807) is 25.3 Å². The monoisotopic (exact) mass is 433 g/mol. The average Bonchev–Trinajstić information content (AvgIpc) is 2.70. The smallest absolute Gasteiger partial charge is 0.330 e. The second-order valence-electron chi connectivity index (χ2n) is 7.01. The largest absolute Gasteiger partial charge is 0.463 e. The molecule has 29 heavy (non-hydrogen) atoms. The number of rotatable bonds is 7. The Kier molecular flexibility index (Phi) is 7.92. The predicted molar refractivity (Wildman–Crippen MR) is 118 cm³/mol. The minimum atomic E-state index is -0.379. The number of likely N-dealkylation sites (tertiary alicyclic amines) is 1. The first-order valence-corrected chi connectivity index (χ1v) is 10.5. The first-order chi connectivity index (χ1) is 14.0. The van der Waals surface area contributed by atoms with Crippen LogP contribution in [0.25, 0.3) is 6.08 Å². The summed E-state index contributed by atoms with van der Waals surface area (Å²) in [6, 6.07) is 10.1. The molecular formula is C22H25Cl2N3O2. The minimum Gasteiger partial charge on any atom is -0.463 e. The van der Waals surface area contributed by atoms with Crippen LogP contribution in [0.3, 0.4) is 0 Å². The van der Waals surface area contributed by atoms with Gasteiger partial charge in [0.05, 0.1) is 11.6 Å². The molecule has 3 rings (SSSR count). The van der Waals surface area contributed by atoms with E-state index >= 15 is 0 Å². The van der Waals surface area contributed by atoms with Gasteiger partial charge in [0, 0.05) is 43.0 Å². The highest BCUT2D eigenvalue weighted by atomic mass is 35.5. The van der Waals surface area contributed by atoms with Crippen LogP contribution in [0.5, 0.6) is 0 Å². The number of nitrogens with one attached hydrogen (secondary N) is 1. The van der Waals surface area contributed by atoms with E-state index in [0.29, 0.717) is 23.5 Å². The third-order valence-electron chi connectivity index (χ3n) is 4.78. The van der Waals surface area contributed by atoms with Crippen LogP contribution >= 0.6 is 23.2 Å². The van der Waals surface area contributed by atoms with E-state index in [-0.39, 0.29) is 5.97 Å². The molecule has 0 unspecified atom stereocenters. The number of hydrogen-bond acceptors (Lipinski definition) is 5. The fraction of sp³-hybridized carbons (Fsp3) is 0.364. The van der Waals surface area contributed by atoms with Gasteiger partial charge in [-0.25, -0.2) is 9.78 Å². The van der Waals surface area contributed by atoms with Crippen molar-refractivity contribution >= 4 is 41.1 Å². The maximum Gasteiger partial charge on any atom is 0.330 e. The molecule has 0 amide bonds. The Morgan fingerprint density at radius 3 is 2.79 bits per heavy atom. The molecule has 0 radical (unpaired) electrons. The topological polar surface area (TPSA) is 54.5 Å². The van der Waals surface area contributed by atoms with Gasteiger partial charge in [0.2, 0.25) is 0 Å². The molecule has 154 valence electrons. The summed E-state index contributed by atoms with van der Waals surface area (Å²) in [5.74, 6) is 0.295. The van der Waals surface area contributed by atoms with Gasteiger partial charge in [0.1, 0.15) is 5.82 Å². The Labute approximate surface area is 181 Å². The second-order valence-corrected chi connectivity index (χ2v) is 7.85. The van der Waals surface area contributed by atoms with Crippen molar-refractivity contribution in [3.05, 3.63) is 63.8 Å². The van der Waals surface area contributed by atoms with Crippen molar-refractivity contribution in [1.29, 1.82) is 0 Å². The van der Waals surface area contributed by atoms with Crippen LogP contribution in [0.2, 0.25) is 10.0 Å². The lowest BCUT2D eigenvalue weighted by atomic mass is 10.0. The lowest BCUT2D eigenvalue weighted by molar-refractivity contribution is -0.137. The van der Waals surface area contributed by atoms with Crippen molar-refractivity contribution in [2.45, 2.75) is 32.4 Å². The molecule has 2 heterocycles. The first kappa shape index (κ1) is 21.6. The maximum atomic E-state index is 11.4. The Morgan fingerprint density at radius 2 is 2.10 bits per heavy atom. The van der Waals surface area contributed by atoms with Crippen LogP contribution in [0.4, 0.5) is 5.82 Å². The van der Waals surface area contributed by atoms with E-state index in [0.717, 1.165) is 43.1 Å². The molecule has 2 aromatic rings. The maximum absolute atomic E-state index is 11.4. The molecule has 1 saturated heterocycles. The quantitative estimate of drug-likeness (QED) is 0.489. The highest BCUT2D eigenvalue weighted by Crippen LogP contribution is 2.24. The molecule has 1 aliphatic rings. The van der Waals surface area contributed by atoms with Gasteiger partial charge in [-0.15, -0.1) is 0 Å². The number of aromatic nitrogens is 1. The van der Waals surface area contributed by atoms with Crippen LogP contribution in [-0.4, -0.2) is 41.6 Å². The lowest BCUT2D eigenvalue weighted by Crippen LogP contribution is -2.38. The molecule has 0 aliphatic carbocycles. The van der Waals surface area contributed by atoms with E-state index < -0.39 is 0 Å². The molecule has 1 aromatic heterocycles. The van der Waals surface area contributed by atoms with Crippen molar-refractivity contribution in [3.63, 3.8) is 0 Å². The Morgan fingerprint density at radius 1 is 1.31 bits per heavy atom. The number of esters is 1. The number of anilines is 1. The number of ether oxygens (including phenoxy) is 1. The standard InChI is InChI=1S/C22H25Cl2N3O2/c1-2-29-21(28)7-6-16-13-20(24)22(25-14-16)26-19-8-10-27(11-9-19)15-17-4-3-5-18(23)12-17/h3-7,12-14,19H,2,8-11,15H2,1H3,(H,25,26). The highest BCUT2D eigenvalue weighted by Gasteiger charge is 2.20. The Bertz CT molecular complexity index is 865. The Hall–Kier alpha value is -2.08. The zero-order valence-corrected chi connectivity index (χ0v) is 17.9. The average molecular weight is 434 g/mol. The summed E-state index contributed by atoms with van der Waals surface area (Å²) < 4.78 is 4.87. The number of carbonyl (C=O) groups is 1. The highest BCUT2D eigenvalue weighted by molar-refractivity contribution is 6.33. The molecule has 7 heteroatoms. The van der Waals surface area contributed by atoms with Crippen LogP contribution in [-0.2, 0) is 16.1 Å². The third kappa shape index (κ3) is 6.74.